The number of hydrogen-bond acceptors (Lipinski definition) is 3. The third kappa shape index (κ3) is 3.51. The highest BCUT2D eigenvalue weighted by molar-refractivity contribution is 7.87. The van der Waals surface area contributed by atoms with E-state index >= 15 is 0 Å². The smallest absolute Gasteiger partial charge is 0.282 e. The minimum absolute atomic E-state index is 0.0895. The van der Waals surface area contributed by atoms with Crippen LogP contribution in [0.25, 0.3) is 0 Å². The Kier molecular flexibility index (Phi) is 4.12. The molecular formula is C19H23N3O3S. The van der Waals surface area contributed by atoms with Gasteiger partial charge in [-0.25, -0.2) is 0 Å². The number of anilines is 1. The summed E-state index contributed by atoms with van der Waals surface area (Å²) < 4.78 is 50.2. The van der Waals surface area contributed by atoms with E-state index in [0.717, 1.165) is 9.87 Å². The summed E-state index contributed by atoms with van der Waals surface area (Å²) >= 11 is 0. The average Bonchev–Trinajstić information content (AvgIpc) is 2.92. The molecule has 26 heavy (non-hydrogen) atoms. The Balaban J connectivity index is 1.98. The largest absolute Gasteiger partial charge is 0.314 e. The summed E-state index contributed by atoms with van der Waals surface area (Å²) in [5.74, 6) is -0.484. The van der Waals surface area contributed by atoms with Gasteiger partial charge in [0.1, 0.15) is 6.04 Å². The van der Waals surface area contributed by atoms with Gasteiger partial charge in [-0.1, -0.05) is 42.5 Å². The fourth-order valence-corrected chi connectivity index (χ4v) is 4.35. The molecule has 138 valence electrons. The molecule has 0 spiro atoms. The molecule has 0 N–H and O–H groups in total. The number of benzene rings is 2. The van der Waals surface area contributed by atoms with Crippen LogP contribution in [0.3, 0.4) is 0 Å². The van der Waals surface area contributed by atoms with Crippen LogP contribution in [0.4, 0.5) is 5.69 Å². The van der Waals surface area contributed by atoms with Gasteiger partial charge < -0.3 is 4.90 Å². The molecule has 1 atom stereocenters. The molecule has 1 aliphatic heterocycles. The fraction of sp³-hybridized carbons (Fsp3) is 0.316. The number of hydrogen-bond donors (Lipinski definition) is 0. The van der Waals surface area contributed by atoms with Crippen LogP contribution >= 0.6 is 0 Å². The van der Waals surface area contributed by atoms with Crippen molar-refractivity contribution in [3.8, 4) is 0 Å². The van der Waals surface area contributed by atoms with Crippen molar-refractivity contribution in [2.45, 2.75) is 19.5 Å². The molecular weight excluding hydrogens is 350 g/mol. The molecule has 2 aromatic rings. The lowest BCUT2D eigenvalue weighted by atomic mass is 10.1. The quantitative estimate of drug-likeness (QED) is 0.820. The molecule has 1 heterocycles. The lowest BCUT2D eigenvalue weighted by molar-refractivity contribution is -0.121. The van der Waals surface area contributed by atoms with Gasteiger partial charge in [0.25, 0.3) is 10.2 Å². The van der Waals surface area contributed by atoms with E-state index < -0.39 is 35.7 Å². The Hall–Kier alpha value is -2.22. The van der Waals surface area contributed by atoms with E-state index in [1.54, 1.807) is 49.5 Å². The molecule has 7 heteroatoms. The second kappa shape index (κ2) is 7.19. The monoisotopic (exact) mass is 376 g/mol. The zero-order valence-electron chi connectivity index (χ0n) is 17.7. The summed E-state index contributed by atoms with van der Waals surface area (Å²) in [6.07, 6.45) is 0. The highest BCUT2D eigenvalue weighted by Crippen LogP contribution is 2.26. The number of carbonyl (C=O) groups is 1. The fourth-order valence-electron chi connectivity index (χ4n) is 2.97. The van der Waals surface area contributed by atoms with Gasteiger partial charge in [-0.05, 0) is 30.2 Å². The Morgan fingerprint density at radius 1 is 1.23 bits per heavy atom. The van der Waals surface area contributed by atoms with Gasteiger partial charge in [0.05, 0.1) is 0 Å². The Morgan fingerprint density at radius 2 is 1.96 bits per heavy atom. The Bertz CT molecular complexity index is 997. The molecule has 1 aliphatic rings. The normalized spacial score (nSPS) is 22.4. The molecule has 0 aromatic heterocycles. The van der Waals surface area contributed by atoms with Crippen LogP contribution < -0.4 is 4.90 Å². The summed E-state index contributed by atoms with van der Waals surface area (Å²) in [7, 11) is -2.79. The molecule has 0 saturated carbocycles. The van der Waals surface area contributed by atoms with Crippen molar-refractivity contribution in [2.75, 3.05) is 25.5 Å². The average molecular weight is 376 g/mol. The number of nitrogens with zero attached hydrogens (tertiary/aromatic N) is 3. The lowest BCUT2D eigenvalue weighted by Crippen LogP contribution is -2.46. The molecule has 0 radical (unpaired) electrons. The minimum atomic E-state index is -4.35. The van der Waals surface area contributed by atoms with Crippen LogP contribution in [0, 0.1) is 6.92 Å². The molecule has 1 fully saturated rings. The van der Waals surface area contributed by atoms with Gasteiger partial charge in [0.15, 0.2) is 0 Å². The van der Waals surface area contributed by atoms with Crippen molar-refractivity contribution in [3.63, 3.8) is 0 Å². The van der Waals surface area contributed by atoms with Crippen LogP contribution in [0.1, 0.15) is 15.2 Å². The van der Waals surface area contributed by atoms with Gasteiger partial charge in [0, 0.05) is 36.9 Å². The first-order valence-corrected chi connectivity index (χ1v) is 9.59. The highest BCUT2D eigenvalue weighted by Gasteiger charge is 2.46. The molecule has 0 aliphatic carbocycles. The third-order valence-corrected chi connectivity index (χ3v) is 6.13. The highest BCUT2D eigenvalue weighted by atomic mass is 32.2. The standard InChI is InChI=1S/C19H23N3O3S/c1-15-8-7-11-17(12-15)21(3)19(23)18-14-20(2)26(24,25)22(18)13-16-9-5-4-6-10-16/h4-12,18H,13-14H2,1-3H3/t18-/m0/s1/i2D3. The molecule has 6 nitrogen and oxygen atoms in total. The molecule has 1 amide bonds. The maximum Gasteiger partial charge on any atom is 0.282 e. The van der Waals surface area contributed by atoms with E-state index in [4.69, 9.17) is 4.11 Å². The number of carbonyl (C=O) groups excluding carboxylic acids is 1. The predicted molar refractivity (Wildman–Crippen MR) is 102 cm³/mol. The van der Waals surface area contributed by atoms with Crippen molar-refractivity contribution >= 4 is 21.8 Å². The van der Waals surface area contributed by atoms with E-state index in [2.05, 4.69) is 0 Å². The SMILES string of the molecule is [2H]C([2H])([2H])N1C[C@@H](C(=O)N(C)c2cccc(C)c2)N(Cc2ccccc2)S1(=O)=O. The third-order valence-electron chi connectivity index (χ3n) is 4.45. The van der Waals surface area contributed by atoms with Crippen molar-refractivity contribution in [2.24, 2.45) is 0 Å². The topological polar surface area (TPSA) is 60.9 Å². The maximum absolute atomic E-state index is 13.2. The van der Waals surface area contributed by atoms with Gasteiger partial charge in [0.2, 0.25) is 5.91 Å². The second-order valence-corrected chi connectivity index (χ2v) is 8.13. The molecule has 0 unspecified atom stereocenters. The molecule has 2 aromatic carbocycles. The van der Waals surface area contributed by atoms with Crippen molar-refractivity contribution in [1.29, 1.82) is 0 Å². The molecule has 1 saturated heterocycles. The minimum Gasteiger partial charge on any atom is -0.314 e. The van der Waals surface area contributed by atoms with Crippen LogP contribution in [0.5, 0.6) is 0 Å². The second-order valence-electron chi connectivity index (χ2n) is 6.32. The van der Waals surface area contributed by atoms with Gasteiger partial charge in [-0.15, -0.1) is 0 Å². The summed E-state index contributed by atoms with van der Waals surface area (Å²) in [5, 5.41) is 0. The summed E-state index contributed by atoms with van der Waals surface area (Å²) in [6, 6.07) is 14.9. The van der Waals surface area contributed by atoms with Crippen LogP contribution in [-0.2, 0) is 21.5 Å². The number of likely N-dealkylation sites (N-methyl/N-ethyl adjacent to an activating group) is 2. The van der Waals surface area contributed by atoms with Crippen LogP contribution in [-0.4, -0.2) is 49.5 Å². The van der Waals surface area contributed by atoms with Crippen molar-refractivity contribution in [1.82, 2.24) is 8.61 Å². The Morgan fingerprint density at radius 3 is 2.62 bits per heavy atom. The van der Waals surface area contributed by atoms with Crippen molar-refractivity contribution in [3.05, 3.63) is 65.7 Å². The number of amides is 1. The van der Waals surface area contributed by atoms with E-state index in [1.807, 2.05) is 19.1 Å². The van der Waals surface area contributed by atoms with E-state index in [-0.39, 0.29) is 6.54 Å². The van der Waals surface area contributed by atoms with Gasteiger partial charge in [-0.2, -0.15) is 17.0 Å². The lowest BCUT2D eigenvalue weighted by Gasteiger charge is -2.26. The first-order chi connectivity index (χ1) is 13.5. The Labute approximate surface area is 159 Å². The van der Waals surface area contributed by atoms with E-state index in [0.29, 0.717) is 15.6 Å². The first kappa shape index (κ1) is 14.9. The maximum atomic E-state index is 13.2. The summed E-state index contributed by atoms with van der Waals surface area (Å²) in [6.45, 7) is -1.50. The molecule has 0 bridgehead atoms. The van der Waals surface area contributed by atoms with Crippen LogP contribution in [0.15, 0.2) is 54.6 Å². The van der Waals surface area contributed by atoms with Gasteiger partial charge in [-0.3, -0.25) is 4.79 Å². The van der Waals surface area contributed by atoms with Gasteiger partial charge >= 0.3 is 0 Å². The van der Waals surface area contributed by atoms with Crippen molar-refractivity contribution < 1.29 is 17.3 Å². The zero-order valence-corrected chi connectivity index (χ0v) is 15.5. The summed E-state index contributed by atoms with van der Waals surface area (Å²) in [5.41, 5.74) is 2.23. The van der Waals surface area contributed by atoms with E-state index in [9.17, 15) is 13.2 Å². The number of aryl methyl sites for hydroxylation is 1. The molecule has 3 rings (SSSR count). The predicted octanol–water partition coefficient (Wildman–Crippen LogP) is 2.02. The van der Waals surface area contributed by atoms with E-state index in [1.165, 1.54) is 4.90 Å². The zero-order chi connectivity index (χ0) is 21.4. The first-order valence-electron chi connectivity index (χ1n) is 9.69. The number of rotatable bonds is 4. The summed E-state index contributed by atoms with van der Waals surface area (Å²) in [4.78, 5) is 14.6. The van der Waals surface area contributed by atoms with Crippen LogP contribution in [0.2, 0.25) is 0 Å².